The Morgan fingerprint density at radius 1 is 0.279 bits per heavy atom. The molecular formula is C62H116O6. The molecule has 0 aromatic carbocycles. The molecule has 0 fully saturated rings. The highest BCUT2D eigenvalue weighted by atomic mass is 16.6. The zero-order chi connectivity index (χ0) is 49.3. The summed E-state index contributed by atoms with van der Waals surface area (Å²) in [7, 11) is 0. The first-order valence-corrected chi connectivity index (χ1v) is 30.3. The fourth-order valence-electron chi connectivity index (χ4n) is 9.08. The summed E-state index contributed by atoms with van der Waals surface area (Å²) in [5, 5.41) is 0. The van der Waals surface area contributed by atoms with Crippen LogP contribution in [0.3, 0.4) is 0 Å². The number of esters is 3. The van der Waals surface area contributed by atoms with Crippen LogP contribution in [0, 0.1) is 0 Å². The van der Waals surface area contributed by atoms with Gasteiger partial charge in [-0.05, 0) is 70.6 Å². The third kappa shape index (κ3) is 54.8. The Labute approximate surface area is 423 Å². The smallest absolute Gasteiger partial charge is 0.306 e. The summed E-state index contributed by atoms with van der Waals surface area (Å²) in [5.74, 6) is -0.868. The average Bonchev–Trinajstić information content (AvgIpc) is 3.34. The number of carbonyl (C=O) groups excluding carboxylic acids is 3. The molecule has 0 amide bonds. The minimum absolute atomic E-state index is 0.0702. The quantitative estimate of drug-likeness (QED) is 0.0262. The molecule has 0 aromatic rings. The molecule has 0 rings (SSSR count). The lowest BCUT2D eigenvalue weighted by molar-refractivity contribution is -0.167. The summed E-state index contributed by atoms with van der Waals surface area (Å²) >= 11 is 0. The highest BCUT2D eigenvalue weighted by Gasteiger charge is 2.19. The van der Waals surface area contributed by atoms with Crippen molar-refractivity contribution in [1.82, 2.24) is 0 Å². The van der Waals surface area contributed by atoms with Crippen molar-refractivity contribution in [3.05, 3.63) is 24.3 Å². The summed E-state index contributed by atoms with van der Waals surface area (Å²) in [4.78, 5) is 37.9. The summed E-state index contributed by atoms with van der Waals surface area (Å²) in [6, 6.07) is 0. The molecule has 0 heterocycles. The lowest BCUT2D eigenvalue weighted by atomic mass is 10.0. The van der Waals surface area contributed by atoms with Gasteiger partial charge >= 0.3 is 17.9 Å². The lowest BCUT2D eigenvalue weighted by Crippen LogP contribution is -2.30. The molecule has 1 unspecified atom stereocenters. The van der Waals surface area contributed by atoms with Crippen molar-refractivity contribution in [2.75, 3.05) is 13.2 Å². The first-order chi connectivity index (χ1) is 33.5. The molecule has 0 N–H and O–H groups in total. The molecule has 0 bridgehead atoms. The summed E-state index contributed by atoms with van der Waals surface area (Å²) < 4.78 is 16.8. The predicted octanol–water partition coefficient (Wildman–Crippen LogP) is 20.3. The zero-order valence-electron chi connectivity index (χ0n) is 45.9. The molecule has 0 aliphatic heterocycles. The molecule has 0 aliphatic carbocycles. The van der Waals surface area contributed by atoms with Crippen LogP contribution in [0.1, 0.15) is 335 Å². The van der Waals surface area contributed by atoms with Crippen molar-refractivity contribution < 1.29 is 28.6 Å². The van der Waals surface area contributed by atoms with E-state index in [1.165, 1.54) is 231 Å². The van der Waals surface area contributed by atoms with E-state index in [4.69, 9.17) is 14.2 Å². The Morgan fingerprint density at radius 3 is 0.735 bits per heavy atom. The van der Waals surface area contributed by atoms with Crippen LogP contribution in [-0.4, -0.2) is 37.2 Å². The third-order valence-corrected chi connectivity index (χ3v) is 13.7. The summed E-state index contributed by atoms with van der Waals surface area (Å²) in [5.41, 5.74) is 0. The third-order valence-electron chi connectivity index (χ3n) is 13.7. The molecule has 6 heteroatoms. The van der Waals surface area contributed by atoms with Crippen molar-refractivity contribution in [2.24, 2.45) is 0 Å². The second-order valence-electron chi connectivity index (χ2n) is 20.6. The Kier molecular flexibility index (Phi) is 55.7. The van der Waals surface area contributed by atoms with Gasteiger partial charge in [0.2, 0.25) is 0 Å². The van der Waals surface area contributed by atoms with E-state index in [2.05, 4.69) is 45.1 Å². The molecule has 400 valence electrons. The van der Waals surface area contributed by atoms with E-state index in [0.717, 1.165) is 64.2 Å². The fraction of sp³-hybridized carbons (Fsp3) is 0.887. The number of unbranched alkanes of at least 4 members (excludes halogenated alkanes) is 41. The van der Waals surface area contributed by atoms with Crippen LogP contribution in [0.15, 0.2) is 24.3 Å². The van der Waals surface area contributed by atoms with Gasteiger partial charge in [0.25, 0.3) is 0 Å². The lowest BCUT2D eigenvalue weighted by Gasteiger charge is -2.18. The van der Waals surface area contributed by atoms with Crippen molar-refractivity contribution in [1.29, 1.82) is 0 Å². The van der Waals surface area contributed by atoms with E-state index < -0.39 is 6.10 Å². The number of hydrogen-bond acceptors (Lipinski definition) is 6. The summed E-state index contributed by atoms with van der Waals surface area (Å²) in [6.45, 7) is 6.62. The van der Waals surface area contributed by atoms with Gasteiger partial charge in [-0.15, -0.1) is 0 Å². The minimum Gasteiger partial charge on any atom is -0.462 e. The maximum absolute atomic E-state index is 12.8. The van der Waals surface area contributed by atoms with Crippen LogP contribution >= 0.6 is 0 Å². The van der Waals surface area contributed by atoms with E-state index >= 15 is 0 Å². The molecule has 0 saturated carbocycles. The van der Waals surface area contributed by atoms with E-state index in [1.54, 1.807) is 0 Å². The highest BCUT2D eigenvalue weighted by molar-refractivity contribution is 5.71. The maximum atomic E-state index is 12.8. The zero-order valence-corrected chi connectivity index (χ0v) is 45.9. The van der Waals surface area contributed by atoms with Gasteiger partial charge in [-0.3, -0.25) is 14.4 Å². The Balaban J connectivity index is 4.00. The topological polar surface area (TPSA) is 78.9 Å². The van der Waals surface area contributed by atoms with E-state index in [9.17, 15) is 14.4 Å². The number of rotatable bonds is 56. The Bertz CT molecular complexity index is 1100. The van der Waals surface area contributed by atoms with Gasteiger partial charge in [0.1, 0.15) is 13.2 Å². The van der Waals surface area contributed by atoms with Gasteiger partial charge < -0.3 is 14.2 Å². The molecule has 0 aromatic heterocycles. The summed E-state index contributed by atoms with van der Waals surface area (Å²) in [6.07, 6.45) is 67.9. The van der Waals surface area contributed by atoms with Gasteiger partial charge in [0.15, 0.2) is 6.10 Å². The van der Waals surface area contributed by atoms with Gasteiger partial charge in [0.05, 0.1) is 0 Å². The highest BCUT2D eigenvalue weighted by Crippen LogP contribution is 2.17. The number of ether oxygens (including phenoxy) is 3. The standard InChI is InChI=1S/C62H116O6/c1-4-7-10-13-16-18-20-22-24-25-26-27-28-29-30-31-32-33-34-35-36-37-38-40-41-43-46-49-52-55-61(64)67-58-59(57-66-60(63)54-51-48-45-15-12-9-6-3)68-62(65)56-53-50-47-44-42-39-23-21-19-17-14-11-8-5-2/h21,23,25-26,59H,4-20,22,24,27-58H2,1-3H3/b23-21-,26-25-. The monoisotopic (exact) mass is 957 g/mol. The first-order valence-electron chi connectivity index (χ1n) is 30.3. The second kappa shape index (κ2) is 57.5. The van der Waals surface area contributed by atoms with E-state index in [-0.39, 0.29) is 31.1 Å². The molecule has 0 saturated heterocycles. The maximum Gasteiger partial charge on any atom is 0.306 e. The van der Waals surface area contributed by atoms with Gasteiger partial charge in [-0.2, -0.15) is 0 Å². The first kappa shape index (κ1) is 65.9. The number of hydrogen-bond donors (Lipinski definition) is 0. The van der Waals surface area contributed by atoms with Crippen LogP contribution in [0.25, 0.3) is 0 Å². The normalized spacial score (nSPS) is 12.1. The van der Waals surface area contributed by atoms with Crippen LogP contribution in [-0.2, 0) is 28.6 Å². The molecule has 68 heavy (non-hydrogen) atoms. The van der Waals surface area contributed by atoms with Crippen LogP contribution in [0.2, 0.25) is 0 Å². The molecular weight excluding hydrogens is 841 g/mol. The molecule has 1 atom stereocenters. The van der Waals surface area contributed by atoms with Crippen LogP contribution < -0.4 is 0 Å². The van der Waals surface area contributed by atoms with E-state index in [1.807, 2.05) is 0 Å². The van der Waals surface area contributed by atoms with Crippen LogP contribution in [0.5, 0.6) is 0 Å². The predicted molar refractivity (Wildman–Crippen MR) is 293 cm³/mol. The van der Waals surface area contributed by atoms with Crippen molar-refractivity contribution in [2.45, 2.75) is 341 Å². The largest absolute Gasteiger partial charge is 0.462 e. The van der Waals surface area contributed by atoms with Crippen LogP contribution in [0.4, 0.5) is 0 Å². The minimum atomic E-state index is -0.769. The Morgan fingerprint density at radius 2 is 0.485 bits per heavy atom. The average molecular weight is 958 g/mol. The van der Waals surface area contributed by atoms with Crippen molar-refractivity contribution in [3.8, 4) is 0 Å². The van der Waals surface area contributed by atoms with Crippen molar-refractivity contribution in [3.63, 3.8) is 0 Å². The second-order valence-corrected chi connectivity index (χ2v) is 20.6. The van der Waals surface area contributed by atoms with Gasteiger partial charge in [-0.1, -0.05) is 270 Å². The number of allylic oxidation sites excluding steroid dienone is 4. The SMILES string of the molecule is CCCCCCC/C=C\CCCCCCCC(=O)OC(COC(=O)CCCCCCCCC)COC(=O)CCCCCCCCCCCCCCCCCCC/C=C\CCCCCCCCCC. The molecule has 6 nitrogen and oxygen atoms in total. The Hall–Kier alpha value is -2.11. The van der Waals surface area contributed by atoms with Gasteiger partial charge in [-0.25, -0.2) is 0 Å². The molecule has 0 spiro atoms. The fourth-order valence-corrected chi connectivity index (χ4v) is 9.08. The number of carbonyl (C=O) groups is 3. The molecule has 0 radical (unpaired) electrons. The van der Waals surface area contributed by atoms with E-state index in [0.29, 0.717) is 19.3 Å². The molecule has 0 aliphatic rings. The van der Waals surface area contributed by atoms with Gasteiger partial charge in [0, 0.05) is 19.3 Å². The van der Waals surface area contributed by atoms with Crippen molar-refractivity contribution >= 4 is 17.9 Å².